The molecule has 0 atom stereocenters. The van der Waals surface area contributed by atoms with Gasteiger partial charge in [0.1, 0.15) is 5.82 Å². The van der Waals surface area contributed by atoms with Crippen molar-refractivity contribution in [3.05, 3.63) is 103 Å². The first-order valence-corrected chi connectivity index (χ1v) is 15.0. The highest BCUT2D eigenvalue weighted by Gasteiger charge is 2.34. The monoisotopic (exact) mass is 603 g/mol. The number of piperidine rings is 1. The number of hydrogen-bond acceptors (Lipinski definition) is 8. The Morgan fingerprint density at radius 2 is 1.80 bits per heavy atom. The first-order valence-electron chi connectivity index (χ1n) is 15.0. The Morgan fingerprint density at radius 1 is 1.00 bits per heavy atom. The zero-order valence-corrected chi connectivity index (χ0v) is 25.6. The van der Waals surface area contributed by atoms with Gasteiger partial charge in [0.05, 0.1) is 24.1 Å². The molecule has 45 heavy (non-hydrogen) atoms. The molecule has 4 heterocycles. The van der Waals surface area contributed by atoms with E-state index in [2.05, 4.69) is 46.1 Å². The molecular weight excluding hydrogens is 566 g/mol. The van der Waals surface area contributed by atoms with E-state index in [9.17, 15) is 9.59 Å². The number of fused-ring (bicyclic) bond motifs is 1. The molecule has 230 valence electrons. The first-order chi connectivity index (χ1) is 21.9. The molecule has 0 radical (unpaired) electrons. The van der Waals surface area contributed by atoms with Gasteiger partial charge in [-0.1, -0.05) is 43.0 Å². The number of carbonyl (C=O) groups is 2. The van der Waals surface area contributed by atoms with Crippen LogP contribution in [0.3, 0.4) is 0 Å². The number of hydrogen-bond donors (Lipinski definition) is 2. The molecule has 0 spiro atoms. The number of carbonyl (C=O) groups excluding carboxylic acids is 2. The molecule has 0 bridgehead atoms. The largest absolute Gasteiger partial charge is 0.357 e. The first kappa shape index (κ1) is 29.8. The number of anilines is 6. The number of nitrogens with zero attached hydrogens (tertiary/aromatic N) is 7. The van der Waals surface area contributed by atoms with E-state index in [0.29, 0.717) is 42.3 Å². The minimum Gasteiger partial charge on any atom is -0.357 e. The van der Waals surface area contributed by atoms with Crippen LogP contribution in [0.2, 0.25) is 0 Å². The molecule has 2 aromatic heterocycles. The second-order valence-corrected chi connectivity index (χ2v) is 11.5. The maximum Gasteiger partial charge on any atom is 0.330 e. The van der Waals surface area contributed by atoms with Crippen molar-refractivity contribution in [3.63, 3.8) is 0 Å². The summed E-state index contributed by atoms with van der Waals surface area (Å²) < 4.78 is 0. The van der Waals surface area contributed by atoms with Crippen LogP contribution in [0.4, 0.5) is 39.4 Å². The van der Waals surface area contributed by atoms with Gasteiger partial charge in [-0.25, -0.2) is 19.7 Å². The lowest BCUT2D eigenvalue weighted by Crippen LogP contribution is -2.45. The van der Waals surface area contributed by atoms with E-state index in [0.717, 1.165) is 48.6 Å². The summed E-state index contributed by atoms with van der Waals surface area (Å²) in [5.74, 6) is 1.43. The van der Waals surface area contributed by atoms with E-state index < -0.39 is 0 Å². The Morgan fingerprint density at radius 3 is 2.51 bits per heavy atom. The fraction of sp³-hybridized carbons (Fsp3) is 0.265. The molecule has 2 aliphatic rings. The van der Waals surface area contributed by atoms with Crippen molar-refractivity contribution < 1.29 is 9.59 Å². The van der Waals surface area contributed by atoms with Crippen molar-refractivity contribution in [2.24, 2.45) is 0 Å². The Balaban J connectivity index is 1.26. The van der Waals surface area contributed by atoms with E-state index in [1.54, 1.807) is 40.4 Å². The molecule has 0 unspecified atom stereocenters. The Hall–Kier alpha value is -5.29. The fourth-order valence-corrected chi connectivity index (χ4v) is 5.73. The van der Waals surface area contributed by atoms with Crippen LogP contribution < -0.4 is 20.4 Å². The highest BCUT2D eigenvalue weighted by atomic mass is 16.2. The number of pyridine rings is 1. The average Bonchev–Trinajstić information content (AvgIpc) is 3.06. The van der Waals surface area contributed by atoms with Crippen molar-refractivity contribution in [1.82, 2.24) is 24.8 Å². The highest BCUT2D eigenvalue weighted by Crippen LogP contribution is 2.36. The van der Waals surface area contributed by atoms with Crippen molar-refractivity contribution in [2.75, 3.05) is 47.6 Å². The molecule has 4 aromatic rings. The average molecular weight is 604 g/mol. The Bertz CT molecular complexity index is 1670. The van der Waals surface area contributed by atoms with Gasteiger partial charge < -0.3 is 25.3 Å². The number of rotatable bonds is 9. The molecule has 6 rings (SSSR count). The lowest BCUT2D eigenvalue weighted by atomic mass is 10.0. The molecule has 11 heteroatoms. The van der Waals surface area contributed by atoms with Crippen LogP contribution in [0.15, 0.2) is 91.8 Å². The number of nitrogens with one attached hydrogen (secondary N) is 2. The summed E-state index contributed by atoms with van der Waals surface area (Å²) in [4.78, 5) is 48.1. The summed E-state index contributed by atoms with van der Waals surface area (Å²) in [5, 5.41) is 6.03. The standard InChI is InChI=1S/C34H37N9O2/c1-4-31(44)37-26-11-8-12-29(19-26)43-32-25(23-42(34(43)45)22-24-9-6-5-7-10-24)20-36-33(39-32)38-27-13-14-30(35-21-27)41-17-15-28(16-18-41)40(2)3/h4-14,19-21,28H,1,15-18,22-23H2,2-3H3,(H,37,44)(H,36,38,39). The third-order valence-corrected chi connectivity index (χ3v) is 8.17. The summed E-state index contributed by atoms with van der Waals surface area (Å²) in [7, 11) is 4.27. The predicted molar refractivity (Wildman–Crippen MR) is 177 cm³/mol. The van der Waals surface area contributed by atoms with Crippen LogP contribution in [0.25, 0.3) is 0 Å². The minimum atomic E-state index is -0.338. The summed E-state index contributed by atoms with van der Waals surface area (Å²) in [6, 6.07) is 21.3. The molecule has 11 nitrogen and oxygen atoms in total. The van der Waals surface area contributed by atoms with Gasteiger partial charge in [0.15, 0.2) is 5.82 Å². The highest BCUT2D eigenvalue weighted by molar-refractivity contribution is 6.03. The molecule has 2 N–H and O–H groups in total. The number of benzene rings is 2. The van der Waals surface area contributed by atoms with Crippen LogP contribution in [-0.4, -0.2) is 69.9 Å². The van der Waals surface area contributed by atoms with E-state index in [1.165, 1.54) is 6.08 Å². The van der Waals surface area contributed by atoms with Crippen molar-refractivity contribution in [3.8, 4) is 0 Å². The van der Waals surface area contributed by atoms with Crippen molar-refractivity contribution in [2.45, 2.75) is 32.0 Å². The van der Waals surface area contributed by atoms with Gasteiger partial charge in [-0.3, -0.25) is 4.79 Å². The van der Waals surface area contributed by atoms with E-state index in [1.807, 2.05) is 48.5 Å². The van der Waals surface area contributed by atoms with Gasteiger partial charge in [-0.05, 0) is 68.9 Å². The zero-order chi connectivity index (χ0) is 31.3. The van der Waals surface area contributed by atoms with Crippen LogP contribution in [0, 0.1) is 0 Å². The third kappa shape index (κ3) is 6.78. The summed E-state index contributed by atoms with van der Waals surface area (Å²) in [6.07, 6.45) is 6.96. The Labute approximate surface area is 263 Å². The van der Waals surface area contributed by atoms with Crippen molar-refractivity contribution in [1.29, 1.82) is 0 Å². The second-order valence-electron chi connectivity index (χ2n) is 11.5. The predicted octanol–water partition coefficient (Wildman–Crippen LogP) is 5.54. The molecule has 1 fully saturated rings. The van der Waals surface area contributed by atoms with E-state index in [-0.39, 0.29) is 11.9 Å². The van der Waals surface area contributed by atoms with Gasteiger partial charge in [0, 0.05) is 43.1 Å². The molecule has 1 saturated heterocycles. The molecule has 2 aromatic carbocycles. The van der Waals surface area contributed by atoms with Crippen LogP contribution in [0.1, 0.15) is 24.0 Å². The molecule has 3 amide bonds. The zero-order valence-electron chi connectivity index (χ0n) is 25.6. The van der Waals surface area contributed by atoms with E-state index in [4.69, 9.17) is 9.97 Å². The van der Waals surface area contributed by atoms with Crippen LogP contribution >= 0.6 is 0 Å². The quantitative estimate of drug-likeness (QED) is 0.240. The van der Waals surface area contributed by atoms with Crippen molar-refractivity contribution >= 4 is 46.6 Å². The topological polar surface area (TPSA) is 110 Å². The molecule has 2 aliphatic heterocycles. The minimum absolute atomic E-state index is 0.229. The Kier molecular flexibility index (Phi) is 8.70. The number of aromatic nitrogens is 3. The van der Waals surface area contributed by atoms with Gasteiger partial charge in [0.2, 0.25) is 11.9 Å². The SMILES string of the molecule is C=CC(=O)Nc1cccc(N2C(=O)N(Cc3ccccc3)Cc3cnc(Nc4ccc(N5CCC(N(C)C)CC5)nc4)nc32)c1. The summed E-state index contributed by atoms with van der Waals surface area (Å²) >= 11 is 0. The maximum absolute atomic E-state index is 14.0. The number of amides is 3. The third-order valence-electron chi connectivity index (χ3n) is 8.17. The molecule has 0 saturated carbocycles. The smallest absolute Gasteiger partial charge is 0.330 e. The van der Waals surface area contributed by atoms with Gasteiger partial charge >= 0.3 is 6.03 Å². The number of urea groups is 1. The lowest BCUT2D eigenvalue weighted by Gasteiger charge is -2.36. The van der Waals surface area contributed by atoms with Gasteiger partial charge in [0.25, 0.3) is 0 Å². The normalized spacial score (nSPS) is 15.2. The summed E-state index contributed by atoms with van der Waals surface area (Å²) in [6.45, 7) is 6.25. The maximum atomic E-state index is 14.0. The van der Waals surface area contributed by atoms with Gasteiger partial charge in [-0.2, -0.15) is 4.98 Å². The summed E-state index contributed by atoms with van der Waals surface area (Å²) in [5.41, 5.74) is 3.66. The van der Waals surface area contributed by atoms with Gasteiger partial charge in [-0.15, -0.1) is 0 Å². The van der Waals surface area contributed by atoms with Crippen LogP contribution in [0.5, 0.6) is 0 Å². The fourth-order valence-electron chi connectivity index (χ4n) is 5.73. The van der Waals surface area contributed by atoms with E-state index >= 15 is 0 Å². The molecule has 0 aliphatic carbocycles. The molecular formula is C34H37N9O2. The lowest BCUT2D eigenvalue weighted by molar-refractivity contribution is -0.111. The second kappa shape index (κ2) is 13.1. The van der Waals surface area contributed by atoms with Crippen LogP contribution in [-0.2, 0) is 17.9 Å².